The Kier molecular flexibility index (Phi) is 5.30. The molecule has 142 valence electrons. The largest absolute Gasteiger partial charge is 0.366 e. The van der Waals surface area contributed by atoms with Gasteiger partial charge in [-0.3, -0.25) is 0 Å². The zero-order valence-electron chi connectivity index (χ0n) is 16.2. The van der Waals surface area contributed by atoms with Gasteiger partial charge in [-0.1, -0.05) is 61.5 Å². The molecule has 0 unspecified atom stereocenters. The fourth-order valence-corrected chi connectivity index (χ4v) is 3.15. The number of hydrogen-bond donors (Lipinski definition) is 1. The molecule has 0 aliphatic rings. The highest BCUT2D eigenvalue weighted by Gasteiger charge is 2.09. The summed E-state index contributed by atoms with van der Waals surface area (Å²) in [7, 11) is 2.13. The first kappa shape index (κ1) is 18.1. The Morgan fingerprint density at radius 3 is 2.64 bits per heavy atom. The Bertz CT molecular complexity index is 1060. The van der Waals surface area contributed by atoms with Gasteiger partial charge in [0.2, 0.25) is 0 Å². The van der Waals surface area contributed by atoms with Crippen molar-refractivity contribution in [2.24, 2.45) is 0 Å². The number of fused-ring (bicyclic) bond motifs is 1. The van der Waals surface area contributed by atoms with E-state index in [-0.39, 0.29) is 0 Å². The Morgan fingerprint density at radius 1 is 1.00 bits per heavy atom. The minimum Gasteiger partial charge on any atom is -0.366 e. The van der Waals surface area contributed by atoms with Gasteiger partial charge in [-0.05, 0) is 24.7 Å². The maximum atomic E-state index is 4.62. The first-order chi connectivity index (χ1) is 13.7. The van der Waals surface area contributed by atoms with E-state index < -0.39 is 0 Å². The molecule has 4 aromatic rings. The summed E-state index contributed by atoms with van der Waals surface area (Å²) >= 11 is 0. The summed E-state index contributed by atoms with van der Waals surface area (Å²) < 4.78 is 1.74. The lowest BCUT2D eigenvalue weighted by molar-refractivity contribution is 0.345. The third-order valence-corrected chi connectivity index (χ3v) is 4.78. The SMILES string of the molecule is CCN(C)Cc1cccc(CNc2cc(-c3ccccc3)nc3ncnn23)c1. The van der Waals surface area contributed by atoms with Crippen LogP contribution in [0.25, 0.3) is 17.0 Å². The third-order valence-electron chi connectivity index (χ3n) is 4.78. The quantitative estimate of drug-likeness (QED) is 0.534. The number of benzene rings is 2. The molecule has 2 aromatic heterocycles. The van der Waals surface area contributed by atoms with Crippen molar-refractivity contribution in [1.29, 1.82) is 0 Å². The number of anilines is 1. The first-order valence-electron chi connectivity index (χ1n) is 9.49. The van der Waals surface area contributed by atoms with Crippen LogP contribution in [0, 0.1) is 0 Å². The van der Waals surface area contributed by atoms with E-state index in [1.54, 1.807) is 4.52 Å². The van der Waals surface area contributed by atoms with Gasteiger partial charge in [0.15, 0.2) is 0 Å². The minimum atomic E-state index is 0.585. The summed E-state index contributed by atoms with van der Waals surface area (Å²) in [5, 5.41) is 7.81. The Labute approximate surface area is 164 Å². The average molecular weight is 372 g/mol. The topological polar surface area (TPSA) is 58.3 Å². The predicted octanol–water partition coefficient (Wildman–Crippen LogP) is 3.86. The van der Waals surface area contributed by atoms with Gasteiger partial charge in [0.05, 0.1) is 5.69 Å². The predicted molar refractivity (Wildman–Crippen MR) is 112 cm³/mol. The molecule has 0 amide bonds. The highest BCUT2D eigenvalue weighted by molar-refractivity contribution is 5.65. The maximum absolute atomic E-state index is 4.62. The minimum absolute atomic E-state index is 0.585. The molecule has 0 fully saturated rings. The molecule has 0 aliphatic carbocycles. The number of nitrogens with zero attached hydrogens (tertiary/aromatic N) is 5. The second-order valence-electron chi connectivity index (χ2n) is 6.87. The lowest BCUT2D eigenvalue weighted by atomic mass is 10.1. The van der Waals surface area contributed by atoms with Crippen LogP contribution in [0.4, 0.5) is 5.82 Å². The van der Waals surface area contributed by atoms with E-state index >= 15 is 0 Å². The molecule has 0 saturated heterocycles. The molecule has 6 heteroatoms. The summed E-state index contributed by atoms with van der Waals surface area (Å²) in [5.41, 5.74) is 4.48. The van der Waals surface area contributed by atoms with Gasteiger partial charge in [0.25, 0.3) is 5.78 Å². The van der Waals surface area contributed by atoms with Gasteiger partial charge in [-0.25, -0.2) is 4.98 Å². The summed E-state index contributed by atoms with van der Waals surface area (Å²) in [6, 6.07) is 20.8. The van der Waals surface area contributed by atoms with Gasteiger partial charge >= 0.3 is 0 Å². The summed E-state index contributed by atoms with van der Waals surface area (Å²) in [6.07, 6.45) is 1.53. The molecule has 6 nitrogen and oxygen atoms in total. The van der Waals surface area contributed by atoms with Crippen LogP contribution in [0.2, 0.25) is 0 Å². The molecule has 0 spiro atoms. The van der Waals surface area contributed by atoms with Crippen LogP contribution in [0.5, 0.6) is 0 Å². The van der Waals surface area contributed by atoms with Crippen molar-refractivity contribution in [3.63, 3.8) is 0 Å². The smallest absolute Gasteiger partial charge is 0.254 e. The van der Waals surface area contributed by atoms with Crippen molar-refractivity contribution in [2.45, 2.75) is 20.0 Å². The second kappa shape index (κ2) is 8.19. The fraction of sp³-hybridized carbons (Fsp3) is 0.227. The van der Waals surface area contributed by atoms with E-state index in [2.05, 4.69) is 63.5 Å². The van der Waals surface area contributed by atoms with E-state index in [4.69, 9.17) is 0 Å². The standard InChI is InChI=1S/C22H24N6/c1-3-27(2)15-18-9-7-8-17(12-18)14-23-21-13-20(19-10-5-4-6-11-19)26-22-24-16-25-28(21)22/h4-13,16,23H,3,14-15H2,1-2H3. The molecule has 0 aliphatic heterocycles. The second-order valence-corrected chi connectivity index (χ2v) is 6.87. The Balaban J connectivity index is 1.58. The monoisotopic (exact) mass is 372 g/mol. The van der Waals surface area contributed by atoms with Crippen molar-refractivity contribution >= 4 is 11.6 Å². The molecule has 4 rings (SSSR count). The van der Waals surface area contributed by atoms with Crippen molar-refractivity contribution in [3.8, 4) is 11.3 Å². The normalized spacial score (nSPS) is 11.2. The van der Waals surface area contributed by atoms with Gasteiger partial charge in [-0.15, -0.1) is 0 Å². The van der Waals surface area contributed by atoms with Crippen molar-refractivity contribution in [2.75, 3.05) is 18.9 Å². The van der Waals surface area contributed by atoms with E-state index in [0.717, 1.165) is 30.2 Å². The van der Waals surface area contributed by atoms with E-state index in [9.17, 15) is 0 Å². The lowest BCUT2D eigenvalue weighted by Gasteiger charge is -2.15. The molecular weight excluding hydrogens is 348 g/mol. The van der Waals surface area contributed by atoms with Crippen LogP contribution in [-0.2, 0) is 13.1 Å². The first-order valence-corrected chi connectivity index (χ1v) is 9.49. The molecule has 0 saturated carbocycles. The number of aromatic nitrogens is 4. The molecule has 0 bridgehead atoms. The fourth-order valence-electron chi connectivity index (χ4n) is 3.15. The molecule has 2 heterocycles. The number of hydrogen-bond acceptors (Lipinski definition) is 5. The molecule has 28 heavy (non-hydrogen) atoms. The highest BCUT2D eigenvalue weighted by Crippen LogP contribution is 2.21. The highest BCUT2D eigenvalue weighted by atomic mass is 15.3. The zero-order chi connectivity index (χ0) is 19.3. The molecule has 2 aromatic carbocycles. The van der Waals surface area contributed by atoms with Gasteiger partial charge in [0, 0.05) is 24.7 Å². The number of rotatable bonds is 7. The van der Waals surface area contributed by atoms with Crippen molar-refractivity contribution in [1.82, 2.24) is 24.5 Å². The number of nitrogens with one attached hydrogen (secondary N) is 1. The summed E-state index contributed by atoms with van der Waals surface area (Å²) in [5.74, 6) is 1.46. The van der Waals surface area contributed by atoms with Crippen LogP contribution < -0.4 is 5.32 Å². The summed E-state index contributed by atoms with van der Waals surface area (Å²) in [4.78, 5) is 11.2. The van der Waals surface area contributed by atoms with E-state index in [1.165, 1.54) is 17.5 Å². The van der Waals surface area contributed by atoms with Gasteiger partial charge in [0.1, 0.15) is 12.1 Å². The Morgan fingerprint density at radius 2 is 1.82 bits per heavy atom. The molecule has 0 radical (unpaired) electrons. The van der Waals surface area contributed by atoms with Crippen molar-refractivity contribution in [3.05, 3.63) is 78.1 Å². The zero-order valence-corrected chi connectivity index (χ0v) is 16.2. The maximum Gasteiger partial charge on any atom is 0.254 e. The Hall–Kier alpha value is -3.25. The van der Waals surface area contributed by atoms with Crippen LogP contribution >= 0.6 is 0 Å². The molecule has 1 N–H and O–H groups in total. The van der Waals surface area contributed by atoms with Crippen LogP contribution in [0.3, 0.4) is 0 Å². The van der Waals surface area contributed by atoms with E-state index in [0.29, 0.717) is 12.3 Å². The van der Waals surface area contributed by atoms with Crippen LogP contribution in [-0.4, -0.2) is 38.1 Å². The summed E-state index contributed by atoms with van der Waals surface area (Å²) in [6.45, 7) is 4.86. The van der Waals surface area contributed by atoms with E-state index in [1.807, 2.05) is 36.4 Å². The van der Waals surface area contributed by atoms with Gasteiger partial charge in [-0.2, -0.15) is 14.6 Å². The lowest BCUT2D eigenvalue weighted by Crippen LogP contribution is -2.16. The molecular formula is C22H24N6. The van der Waals surface area contributed by atoms with Gasteiger partial charge < -0.3 is 10.2 Å². The third kappa shape index (κ3) is 4.02. The van der Waals surface area contributed by atoms with Crippen LogP contribution in [0.1, 0.15) is 18.1 Å². The average Bonchev–Trinajstić information content (AvgIpc) is 3.21. The van der Waals surface area contributed by atoms with Crippen LogP contribution in [0.15, 0.2) is 67.0 Å². The molecule has 0 atom stereocenters. The van der Waals surface area contributed by atoms with Crippen molar-refractivity contribution < 1.29 is 0 Å².